The minimum absolute atomic E-state index is 0.935. The molecule has 0 amide bonds. The van der Waals surface area contributed by atoms with Gasteiger partial charge in [0.1, 0.15) is 0 Å². The van der Waals surface area contributed by atoms with Crippen molar-refractivity contribution >= 4 is 0 Å². The van der Waals surface area contributed by atoms with Crippen molar-refractivity contribution in [2.24, 2.45) is 35.5 Å². The standard InChI is InChI=1S/2C9H18.C7H14/c2*1-8(2)9-6-4-3-5-7-9;1-6(2)7-4-3-5-7/h2*8-9H,3-7H2,1-2H3;6-7H,3-5H2,1-2H3. The van der Waals surface area contributed by atoms with Gasteiger partial charge in [0.2, 0.25) is 0 Å². The van der Waals surface area contributed by atoms with Gasteiger partial charge in [-0.1, -0.05) is 125 Å². The Hall–Kier alpha value is 0. The van der Waals surface area contributed by atoms with Crippen LogP contribution in [0.15, 0.2) is 0 Å². The number of rotatable bonds is 3. The van der Waals surface area contributed by atoms with Crippen molar-refractivity contribution < 1.29 is 0 Å². The molecular formula is C25H50. The summed E-state index contributed by atoms with van der Waals surface area (Å²) in [5.74, 6) is 6.02. The van der Waals surface area contributed by atoms with E-state index in [9.17, 15) is 0 Å². The zero-order valence-corrected chi connectivity index (χ0v) is 18.7. The van der Waals surface area contributed by atoms with Crippen LogP contribution in [-0.2, 0) is 0 Å². The quantitative estimate of drug-likeness (QED) is 0.476. The molecule has 0 heterocycles. The molecule has 0 atom stereocenters. The van der Waals surface area contributed by atoms with Crippen LogP contribution in [0.1, 0.15) is 125 Å². The van der Waals surface area contributed by atoms with Gasteiger partial charge in [-0.05, 0) is 35.5 Å². The first kappa shape index (κ1) is 23.0. The molecule has 3 fully saturated rings. The first-order valence-electron chi connectivity index (χ1n) is 11.9. The largest absolute Gasteiger partial charge is 0.0625 e. The fourth-order valence-electron chi connectivity index (χ4n) is 4.71. The van der Waals surface area contributed by atoms with Gasteiger partial charge in [0, 0.05) is 0 Å². The van der Waals surface area contributed by atoms with Crippen molar-refractivity contribution in [3.63, 3.8) is 0 Å². The molecule has 0 heteroatoms. The molecule has 0 aromatic rings. The van der Waals surface area contributed by atoms with Crippen LogP contribution in [0.3, 0.4) is 0 Å². The maximum absolute atomic E-state index is 2.36. The summed E-state index contributed by atoms with van der Waals surface area (Å²) in [4.78, 5) is 0. The van der Waals surface area contributed by atoms with Gasteiger partial charge < -0.3 is 0 Å². The lowest BCUT2D eigenvalue weighted by atomic mass is 9.78. The molecule has 3 aliphatic carbocycles. The minimum Gasteiger partial charge on any atom is -0.0625 e. The van der Waals surface area contributed by atoms with E-state index in [0.717, 1.165) is 35.5 Å². The Balaban J connectivity index is 0.000000189. The van der Waals surface area contributed by atoms with Gasteiger partial charge in [0.05, 0.1) is 0 Å². The SMILES string of the molecule is CC(C)C1CCC1.CC(C)C1CCCCC1.CC(C)C1CCCCC1. The molecule has 0 radical (unpaired) electrons. The smallest absolute Gasteiger partial charge is 0.0391 e. The summed E-state index contributed by atoms with van der Waals surface area (Å²) >= 11 is 0. The molecule has 25 heavy (non-hydrogen) atoms. The van der Waals surface area contributed by atoms with Crippen molar-refractivity contribution in [2.45, 2.75) is 125 Å². The summed E-state index contributed by atoms with van der Waals surface area (Å²) in [7, 11) is 0. The van der Waals surface area contributed by atoms with Gasteiger partial charge in [0.25, 0.3) is 0 Å². The fraction of sp³-hybridized carbons (Fsp3) is 1.00. The van der Waals surface area contributed by atoms with E-state index in [1.807, 2.05) is 0 Å². The lowest BCUT2D eigenvalue weighted by molar-refractivity contribution is 0.235. The lowest BCUT2D eigenvalue weighted by Crippen LogP contribution is -2.16. The molecule has 0 unspecified atom stereocenters. The van der Waals surface area contributed by atoms with Crippen LogP contribution in [0.2, 0.25) is 0 Å². The third-order valence-corrected chi connectivity index (χ3v) is 7.28. The highest BCUT2D eigenvalue weighted by atomic mass is 14.3. The molecule has 3 rings (SSSR count). The molecule has 0 nitrogen and oxygen atoms in total. The Kier molecular flexibility index (Phi) is 12.2. The third kappa shape index (κ3) is 10.0. The van der Waals surface area contributed by atoms with E-state index in [1.165, 1.54) is 83.5 Å². The average Bonchev–Trinajstić information content (AvgIpc) is 2.55. The van der Waals surface area contributed by atoms with Crippen LogP contribution in [0.25, 0.3) is 0 Å². The maximum atomic E-state index is 2.36. The lowest BCUT2D eigenvalue weighted by Gasteiger charge is -2.28. The Labute approximate surface area is 160 Å². The van der Waals surface area contributed by atoms with Gasteiger partial charge in [-0.15, -0.1) is 0 Å². The first-order chi connectivity index (χ1) is 11.9. The van der Waals surface area contributed by atoms with Crippen molar-refractivity contribution in [3.8, 4) is 0 Å². The fourth-order valence-corrected chi connectivity index (χ4v) is 4.71. The molecule has 0 aromatic carbocycles. The summed E-state index contributed by atoms with van der Waals surface area (Å²) in [6, 6.07) is 0. The highest BCUT2D eigenvalue weighted by Crippen LogP contribution is 2.32. The van der Waals surface area contributed by atoms with E-state index >= 15 is 0 Å². The van der Waals surface area contributed by atoms with Crippen molar-refractivity contribution in [2.75, 3.05) is 0 Å². The predicted molar refractivity (Wildman–Crippen MR) is 115 cm³/mol. The van der Waals surface area contributed by atoms with Crippen LogP contribution in [0, 0.1) is 35.5 Å². The van der Waals surface area contributed by atoms with E-state index < -0.39 is 0 Å². The molecular weight excluding hydrogens is 300 g/mol. The molecule has 0 N–H and O–H groups in total. The van der Waals surface area contributed by atoms with E-state index in [1.54, 1.807) is 0 Å². The second kappa shape index (κ2) is 13.2. The first-order valence-corrected chi connectivity index (χ1v) is 11.9. The van der Waals surface area contributed by atoms with Crippen LogP contribution in [-0.4, -0.2) is 0 Å². The highest BCUT2D eigenvalue weighted by Gasteiger charge is 2.19. The van der Waals surface area contributed by atoms with Crippen LogP contribution in [0.5, 0.6) is 0 Å². The number of hydrogen-bond acceptors (Lipinski definition) is 0. The summed E-state index contributed by atoms with van der Waals surface area (Å²) < 4.78 is 0. The topological polar surface area (TPSA) is 0 Å². The molecule has 3 saturated carbocycles. The van der Waals surface area contributed by atoms with Gasteiger partial charge in [-0.2, -0.15) is 0 Å². The summed E-state index contributed by atoms with van der Waals surface area (Å²) in [5.41, 5.74) is 0. The average molecular weight is 351 g/mol. The van der Waals surface area contributed by atoms with Gasteiger partial charge in [-0.25, -0.2) is 0 Å². The van der Waals surface area contributed by atoms with Gasteiger partial charge in [0.15, 0.2) is 0 Å². The Morgan fingerprint density at radius 3 is 0.720 bits per heavy atom. The molecule has 0 aliphatic heterocycles. The summed E-state index contributed by atoms with van der Waals surface area (Å²) in [6.07, 6.45) is 19.4. The van der Waals surface area contributed by atoms with Crippen molar-refractivity contribution in [3.05, 3.63) is 0 Å². The Morgan fingerprint density at radius 2 is 0.600 bits per heavy atom. The van der Waals surface area contributed by atoms with Gasteiger partial charge in [-0.3, -0.25) is 0 Å². The Morgan fingerprint density at radius 1 is 0.360 bits per heavy atom. The second-order valence-corrected chi connectivity index (χ2v) is 10.2. The minimum atomic E-state index is 0.935. The van der Waals surface area contributed by atoms with E-state index in [0.29, 0.717) is 0 Å². The van der Waals surface area contributed by atoms with Crippen molar-refractivity contribution in [1.29, 1.82) is 0 Å². The predicted octanol–water partition coefficient (Wildman–Crippen LogP) is 8.89. The molecule has 3 aliphatic rings. The molecule has 0 aromatic heterocycles. The summed E-state index contributed by atoms with van der Waals surface area (Å²) in [6.45, 7) is 14.1. The van der Waals surface area contributed by atoms with Crippen LogP contribution < -0.4 is 0 Å². The maximum Gasteiger partial charge on any atom is -0.0391 e. The zero-order valence-electron chi connectivity index (χ0n) is 18.7. The highest BCUT2D eigenvalue weighted by molar-refractivity contribution is 4.71. The van der Waals surface area contributed by atoms with E-state index in [2.05, 4.69) is 41.5 Å². The second-order valence-electron chi connectivity index (χ2n) is 10.2. The molecule has 0 spiro atoms. The Bertz CT molecular complexity index is 263. The van der Waals surface area contributed by atoms with E-state index in [4.69, 9.17) is 0 Å². The normalized spacial score (nSPS) is 22.9. The molecule has 0 bridgehead atoms. The monoisotopic (exact) mass is 350 g/mol. The third-order valence-electron chi connectivity index (χ3n) is 7.28. The van der Waals surface area contributed by atoms with Crippen LogP contribution in [0.4, 0.5) is 0 Å². The van der Waals surface area contributed by atoms with Gasteiger partial charge >= 0.3 is 0 Å². The molecule has 0 saturated heterocycles. The summed E-state index contributed by atoms with van der Waals surface area (Å²) in [5, 5.41) is 0. The van der Waals surface area contributed by atoms with E-state index in [-0.39, 0.29) is 0 Å². The zero-order chi connectivity index (χ0) is 18.7. The van der Waals surface area contributed by atoms with Crippen LogP contribution >= 0.6 is 0 Å². The van der Waals surface area contributed by atoms with Crippen molar-refractivity contribution in [1.82, 2.24) is 0 Å². The number of hydrogen-bond donors (Lipinski definition) is 0. The molecule has 150 valence electrons.